The number of hydrogen-bond donors (Lipinski definition) is 1. The third-order valence-corrected chi connectivity index (χ3v) is 7.36. The van der Waals surface area contributed by atoms with Crippen molar-refractivity contribution in [3.05, 3.63) is 84.4 Å². The lowest BCUT2D eigenvalue weighted by Gasteiger charge is -2.17. The van der Waals surface area contributed by atoms with Gasteiger partial charge in [0.05, 0.1) is 27.1 Å². The summed E-state index contributed by atoms with van der Waals surface area (Å²) in [6, 6.07) is 19.6. The molecule has 0 spiro atoms. The van der Waals surface area contributed by atoms with Gasteiger partial charge in [-0.1, -0.05) is 44.2 Å². The summed E-state index contributed by atoms with van der Waals surface area (Å²) in [6.07, 6.45) is 3.40. The number of aromatic amines is 1. The van der Waals surface area contributed by atoms with Crippen LogP contribution in [0.15, 0.2) is 82.2 Å². The molecule has 0 amide bonds. The predicted molar refractivity (Wildman–Crippen MR) is 132 cm³/mol. The van der Waals surface area contributed by atoms with E-state index in [9.17, 15) is 8.60 Å². The summed E-state index contributed by atoms with van der Waals surface area (Å²) in [4.78, 5) is 5.58. The Morgan fingerprint density at radius 1 is 1.00 bits per heavy atom. The normalized spacial score (nSPS) is 13.5. The van der Waals surface area contributed by atoms with Crippen LogP contribution < -0.4 is 0 Å². The molecule has 0 aliphatic heterocycles. The zero-order valence-corrected chi connectivity index (χ0v) is 19.4. The minimum atomic E-state index is -2.73. The molecule has 2 heterocycles. The Morgan fingerprint density at radius 2 is 1.73 bits per heavy atom. The average molecular weight is 459 g/mol. The molecule has 5 rings (SSSR count). The van der Waals surface area contributed by atoms with Crippen molar-refractivity contribution >= 4 is 37.2 Å². The molecule has 0 saturated heterocycles. The maximum Gasteiger partial charge on any atom is 0.170 e. The summed E-state index contributed by atoms with van der Waals surface area (Å²) in [7, 11) is -2.73. The third kappa shape index (κ3) is 3.89. The van der Waals surface area contributed by atoms with Crippen LogP contribution in [0.5, 0.6) is 0 Å². The molecular weight excluding hydrogens is 435 g/mol. The van der Waals surface area contributed by atoms with E-state index in [0.29, 0.717) is 10.7 Å². The van der Waals surface area contributed by atoms with Crippen molar-refractivity contribution in [2.45, 2.75) is 24.7 Å². The van der Waals surface area contributed by atoms with Crippen molar-refractivity contribution in [1.82, 2.24) is 15.2 Å². The van der Waals surface area contributed by atoms with Crippen LogP contribution in [0.3, 0.4) is 0 Å². The number of benzene rings is 3. The topological polar surface area (TPSA) is 71.0 Å². The van der Waals surface area contributed by atoms with Gasteiger partial charge in [0.2, 0.25) is 0 Å². The van der Waals surface area contributed by atoms with Gasteiger partial charge in [-0.15, -0.1) is 0 Å². The molecule has 0 saturated carbocycles. The van der Waals surface area contributed by atoms with Gasteiger partial charge in [0, 0.05) is 27.5 Å². The molecule has 33 heavy (non-hydrogen) atoms. The highest BCUT2D eigenvalue weighted by Gasteiger charge is 2.20. The number of nitrogens with zero attached hydrogens (tertiary/aromatic N) is 3. The highest BCUT2D eigenvalue weighted by molar-refractivity contribution is 7.93. The van der Waals surface area contributed by atoms with Crippen LogP contribution in [0.2, 0.25) is 0 Å². The quantitative estimate of drug-likeness (QED) is 0.321. The van der Waals surface area contributed by atoms with E-state index in [1.165, 1.54) is 12.1 Å². The van der Waals surface area contributed by atoms with Gasteiger partial charge < -0.3 is 0 Å². The van der Waals surface area contributed by atoms with E-state index in [1.807, 2.05) is 42.5 Å². The Kier molecular flexibility index (Phi) is 5.21. The zero-order valence-electron chi connectivity index (χ0n) is 18.5. The third-order valence-electron chi connectivity index (χ3n) is 5.69. The summed E-state index contributed by atoms with van der Waals surface area (Å²) in [5, 5.41) is 9.78. The first kappa shape index (κ1) is 21.3. The number of rotatable bonds is 4. The van der Waals surface area contributed by atoms with Crippen molar-refractivity contribution in [3.8, 4) is 11.1 Å². The smallest absolute Gasteiger partial charge is 0.170 e. The number of fused-ring (bicyclic) bond motifs is 2. The molecule has 0 unspecified atom stereocenters. The minimum Gasteiger partial charge on any atom is -0.278 e. The second-order valence-electron chi connectivity index (χ2n) is 8.42. The van der Waals surface area contributed by atoms with Crippen molar-refractivity contribution in [2.24, 2.45) is 4.36 Å². The molecule has 1 atom stereocenters. The number of aromatic nitrogens is 3. The highest BCUT2D eigenvalue weighted by Crippen LogP contribution is 2.40. The lowest BCUT2D eigenvalue weighted by molar-refractivity contribution is 0.628. The Bertz CT molecular complexity index is 1600. The molecule has 7 heteroatoms. The van der Waals surface area contributed by atoms with E-state index in [-0.39, 0.29) is 11.7 Å². The molecular formula is C26H23FN4OS. The molecule has 0 radical (unpaired) electrons. The Balaban J connectivity index is 1.90. The molecule has 0 aliphatic rings. The van der Waals surface area contributed by atoms with Crippen molar-refractivity contribution < 1.29 is 8.60 Å². The minimum absolute atomic E-state index is 0.0630. The zero-order chi connectivity index (χ0) is 23.2. The molecule has 5 nitrogen and oxygen atoms in total. The molecule has 5 aromatic rings. The van der Waals surface area contributed by atoms with E-state index in [0.717, 1.165) is 38.5 Å². The van der Waals surface area contributed by atoms with Crippen molar-refractivity contribution in [1.29, 1.82) is 0 Å². The van der Waals surface area contributed by atoms with Crippen LogP contribution in [-0.4, -0.2) is 25.6 Å². The largest absolute Gasteiger partial charge is 0.278 e. The fourth-order valence-corrected chi connectivity index (χ4v) is 5.29. The molecule has 1 N–H and O–H groups in total. The van der Waals surface area contributed by atoms with Gasteiger partial charge in [0.15, 0.2) is 5.82 Å². The van der Waals surface area contributed by atoms with Gasteiger partial charge in [-0.3, -0.25) is 5.10 Å². The summed E-state index contributed by atoms with van der Waals surface area (Å²) in [5.41, 5.74) is 3.45. The fourth-order valence-electron chi connectivity index (χ4n) is 4.05. The molecule has 2 aromatic heterocycles. The summed E-state index contributed by atoms with van der Waals surface area (Å²) in [6.45, 7) is 4.11. The van der Waals surface area contributed by atoms with Gasteiger partial charge in [-0.2, -0.15) is 9.46 Å². The maximum absolute atomic E-state index is 13.7. The molecule has 0 fully saturated rings. The van der Waals surface area contributed by atoms with E-state index >= 15 is 0 Å². The van der Waals surface area contributed by atoms with Crippen LogP contribution in [0.1, 0.15) is 25.5 Å². The van der Waals surface area contributed by atoms with E-state index < -0.39 is 9.73 Å². The second-order valence-corrected chi connectivity index (χ2v) is 10.7. The number of halogens is 1. The standard InChI is InChI=1S/C26H23FN4OS/c1-16(2)25-24(17-9-11-19(27)12-10-17)21-13-18-15-28-30-23(18)14-22(21)26(29-25)31-33(3,32)20-7-5-4-6-8-20/h4-16H,1-3H3,(H,28,30)/t33-/m1/s1. The number of hydrogen-bond acceptors (Lipinski definition) is 4. The van der Waals surface area contributed by atoms with Crippen LogP contribution in [0, 0.1) is 5.82 Å². The van der Waals surface area contributed by atoms with Crippen LogP contribution in [0.4, 0.5) is 10.2 Å². The van der Waals surface area contributed by atoms with Crippen LogP contribution in [0.25, 0.3) is 32.8 Å². The second kappa shape index (κ2) is 8.08. The van der Waals surface area contributed by atoms with E-state index in [1.54, 1.807) is 24.6 Å². The number of pyridine rings is 1. The molecule has 0 bridgehead atoms. The predicted octanol–water partition coefficient (Wildman–Crippen LogP) is 6.83. The lowest BCUT2D eigenvalue weighted by Crippen LogP contribution is -2.01. The highest BCUT2D eigenvalue weighted by atomic mass is 32.2. The van der Waals surface area contributed by atoms with Crippen molar-refractivity contribution in [3.63, 3.8) is 0 Å². The van der Waals surface area contributed by atoms with Crippen LogP contribution >= 0.6 is 0 Å². The average Bonchev–Trinajstić information content (AvgIpc) is 3.26. The van der Waals surface area contributed by atoms with Gasteiger partial charge >= 0.3 is 0 Å². The van der Waals surface area contributed by atoms with Crippen molar-refractivity contribution in [2.75, 3.05) is 6.26 Å². The first-order chi connectivity index (χ1) is 15.8. The van der Waals surface area contributed by atoms with Gasteiger partial charge in [-0.05, 0) is 53.3 Å². The Morgan fingerprint density at radius 3 is 2.42 bits per heavy atom. The first-order valence-corrected chi connectivity index (χ1v) is 12.6. The summed E-state index contributed by atoms with van der Waals surface area (Å²) < 4.78 is 32.0. The number of H-pyrrole nitrogens is 1. The SMILES string of the molecule is CC(C)c1nc(N=[S@](C)(=O)c2ccccc2)c2cc3[nH]ncc3cc2c1-c1ccc(F)cc1. The molecule has 3 aromatic carbocycles. The maximum atomic E-state index is 13.7. The Hall–Kier alpha value is -3.58. The van der Waals surface area contributed by atoms with Gasteiger partial charge in [-0.25, -0.2) is 13.6 Å². The number of nitrogens with one attached hydrogen (secondary N) is 1. The Labute approximate surface area is 191 Å². The summed E-state index contributed by atoms with van der Waals surface area (Å²) in [5.74, 6) is 0.194. The molecule has 0 aliphatic carbocycles. The van der Waals surface area contributed by atoms with E-state index in [4.69, 9.17) is 9.35 Å². The summed E-state index contributed by atoms with van der Waals surface area (Å²) >= 11 is 0. The monoisotopic (exact) mass is 458 g/mol. The van der Waals surface area contributed by atoms with E-state index in [2.05, 4.69) is 24.0 Å². The lowest BCUT2D eigenvalue weighted by atomic mass is 9.92. The van der Waals surface area contributed by atoms with Gasteiger partial charge in [0.1, 0.15) is 5.82 Å². The van der Waals surface area contributed by atoms with Crippen LogP contribution in [-0.2, 0) is 9.73 Å². The van der Waals surface area contributed by atoms with Gasteiger partial charge in [0.25, 0.3) is 0 Å². The molecule has 166 valence electrons. The first-order valence-electron chi connectivity index (χ1n) is 10.7. The fraction of sp³-hybridized carbons (Fsp3) is 0.154.